The van der Waals surface area contributed by atoms with Crippen molar-refractivity contribution in [2.24, 2.45) is 0 Å². The summed E-state index contributed by atoms with van der Waals surface area (Å²) in [5.41, 5.74) is 1.45. The van der Waals surface area contributed by atoms with Crippen LogP contribution in [0.25, 0.3) is 11.0 Å². The maximum Gasteiger partial charge on any atom is 0.425 e. The van der Waals surface area contributed by atoms with Gasteiger partial charge in [0.2, 0.25) is 5.91 Å². The van der Waals surface area contributed by atoms with Crippen LogP contribution in [0.15, 0.2) is 30.5 Å². The molecule has 0 saturated carbocycles. The Bertz CT molecular complexity index is 1330. The molecule has 1 amide bonds. The van der Waals surface area contributed by atoms with Crippen molar-refractivity contribution in [2.45, 2.75) is 44.1 Å². The monoisotopic (exact) mass is 536 g/mol. The molecule has 0 aromatic carbocycles. The summed E-state index contributed by atoms with van der Waals surface area (Å²) in [6.07, 6.45) is -1.49. The number of likely N-dealkylation sites (tertiary alicyclic amines) is 1. The number of carbonyl (C=O) groups is 2. The summed E-state index contributed by atoms with van der Waals surface area (Å²) in [7, 11) is 1.40. The summed E-state index contributed by atoms with van der Waals surface area (Å²) < 4.78 is 46.6. The first kappa shape index (κ1) is 25.7. The van der Waals surface area contributed by atoms with Crippen LogP contribution in [0.3, 0.4) is 0 Å². The van der Waals surface area contributed by atoms with Gasteiger partial charge in [0.15, 0.2) is 5.60 Å². The molecule has 8 nitrogen and oxygen atoms in total. The van der Waals surface area contributed by atoms with Gasteiger partial charge in [-0.05, 0) is 49.1 Å². The van der Waals surface area contributed by atoms with Crippen LogP contribution in [0.4, 0.5) is 13.2 Å². The van der Waals surface area contributed by atoms with Gasteiger partial charge in [-0.15, -0.1) is 11.3 Å². The second-order valence-corrected chi connectivity index (χ2v) is 10.7. The van der Waals surface area contributed by atoms with Crippen molar-refractivity contribution >= 4 is 34.2 Å². The number of alkyl halides is 3. The van der Waals surface area contributed by atoms with E-state index in [-0.39, 0.29) is 19.0 Å². The fraction of sp³-hybridized carbons (Fsp3) is 0.480. The fourth-order valence-corrected chi connectivity index (χ4v) is 6.15. The molecule has 1 saturated heterocycles. The molecule has 3 aromatic rings. The summed E-state index contributed by atoms with van der Waals surface area (Å²) in [6.45, 7) is 2.16. The van der Waals surface area contributed by atoms with Crippen molar-refractivity contribution in [3.05, 3.63) is 51.5 Å². The number of thiophene rings is 1. The summed E-state index contributed by atoms with van der Waals surface area (Å²) in [4.78, 5) is 33.0. The molecule has 0 unspecified atom stereocenters. The third-order valence-electron chi connectivity index (χ3n) is 7.42. The predicted molar refractivity (Wildman–Crippen MR) is 130 cm³/mol. The molecule has 5 heterocycles. The van der Waals surface area contributed by atoms with E-state index in [0.717, 1.165) is 34.0 Å². The average molecular weight is 537 g/mol. The standard InChI is InChI=1S/C25H27F3N4O4S/c1-36-24(23(34)35)7-11-30(12-8-24)15-21(33)31-10-6-17-18-3-2-9-29-22(18)32(19(17)14-31)13-16-4-5-20(37-16)25(26,27)28/h2-5,9H,6-8,10-15H2,1H3,(H,34,35). The first-order valence-electron chi connectivity index (χ1n) is 12.0. The second kappa shape index (κ2) is 9.73. The van der Waals surface area contributed by atoms with Gasteiger partial charge in [-0.25, -0.2) is 9.78 Å². The normalized spacial score (nSPS) is 18.2. The van der Waals surface area contributed by atoms with Gasteiger partial charge in [0.05, 0.1) is 19.6 Å². The molecule has 1 fully saturated rings. The topological polar surface area (TPSA) is 87.9 Å². The number of amides is 1. The van der Waals surface area contributed by atoms with Crippen molar-refractivity contribution in [3.63, 3.8) is 0 Å². The second-order valence-electron chi connectivity index (χ2n) is 9.49. The molecule has 0 atom stereocenters. The highest BCUT2D eigenvalue weighted by molar-refractivity contribution is 7.12. The minimum atomic E-state index is -4.38. The van der Waals surface area contributed by atoms with Crippen LogP contribution in [0, 0.1) is 0 Å². The summed E-state index contributed by atoms with van der Waals surface area (Å²) in [5.74, 6) is -1.05. The Morgan fingerprint density at radius 2 is 1.95 bits per heavy atom. The lowest BCUT2D eigenvalue weighted by molar-refractivity contribution is -0.168. The zero-order valence-electron chi connectivity index (χ0n) is 20.3. The van der Waals surface area contributed by atoms with E-state index >= 15 is 0 Å². The maximum atomic E-state index is 13.2. The van der Waals surface area contributed by atoms with Gasteiger partial charge >= 0.3 is 12.1 Å². The van der Waals surface area contributed by atoms with Crippen LogP contribution >= 0.6 is 11.3 Å². The number of rotatable bonds is 6. The van der Waals surface area contributed by atoms with Crippen LogP contribution in [-0.2, 0) is 40.0 Å². The Labute approximate surface area is 215 Å². The third kappa shape index (κ3) is 4.85. The van der Waals surface area contributed by atoms with Crippen LogP contribution in [0.5, 0.6) is 0 Å². The number of aromatic nitrogens is 2. The lowest BCUT2D eigenvalue weighted by Gasteiger charge is -2.38. The lowest BCUT2D eigenvalue weighted by Crippen LogP contribution is -2.52. The van der Waals surface area contributed by atoms with E-state index in [0.29, 0.717) is 56.0 Å². The molecule has 198 valence electrons. The van der Waals surface area contributed by atoms with Crippen molar-refractivity contribution < 1.29 is 32.6 Å². The third-order valence-corrected chi connectivity index (χ3v) is 8.54. The number of nitrogens with zero attached hydrogens (tertiary/aromatic N) is 4. The van der Waals surface area contributed by atoms with Crippen molar-refractivity contribution in [1.29, 1.82) is 0 Å². The van der Waals surface area contributed by atoms with Gasteiger partial charge in [0, 0.05) is 48.9 Å². The summed E-state index contributed by atoms with van der Waals surface area (Å²) in [6, 6.07) is 6.39. The number of hydrogen-bond acceptors (Lipinski definition) is 6. The SMILES string of the molecule is COC1(C(=O)O)CCN(CC(=O)N2CCc3c(n(Cc4ccc(C(F)(F)F)s4)c4ncccc34)C2)CC1. The van der Waals surface area contributed by atoms with E-state index in [1.807, 2.05) is 21.6 Å². The smallest absolute Gasteiger partial charge is 0.425 e. The number of ether oxygens (including phenoxy) is 1. The zero-order valence-corrected chi connectivity index (χ0v) is 21.1. The number of piperidine rings is 1. The minimum Gasteiger partial charge on any atom is -0.479 e. The van der Waals surface area contributed by atoms with E-state index in [2.05, 4.69) is 4.98 Å². The van der Waals surface area contributed by atoms with E-state index in [1.54, 1.807) is 11.1 Å². The maximum absolute atomic E-state index is 13.2. The molecule has 2 aliphatic heterocycles. The van der Waals surface area contributed by atoms with Gasteiger partial charge in [-0.1, -0.05) is 0 Å². The Balaban J connectivity index is 1.34. The minimum absolute atomic E-state index is 0.0638. The molecule has 1 N–H and O–H groups in total. The largest absolute Gasteiger partial charge is 0.479 e. The number of aliphatic carboxylic acids is 1. The van der Waals surface area contributed by atoms with E-state index in [9.17, 15) is 27.9 Å². The van der Waals surface area contributed by atoms with Crippen LogP contribution in [0.2, 0.25) is 0 Å². The molecular weight excluding hydrogens is 509 g/mol. The van der Waals surface area contributed by atoms with E-state index < -0.39 is 22.6 Å². The molecule has 0 spiro atoms. The quantitative estimate of drug-likeness (QED) is 0.518. The number of halogens is 3. The van der Waals surface area contributed by atoms with Crippen molar-refractivity contribution in [1.82, 2.24) is 19.4 Å². The van der Waals surface area contributed by atoms with Gasteiger partial charge in [-0.2, -0.15) is 13.2 Å². The highest BCUT2D eigenvalue weighted by Crippen LogP contribution is 2.36. The van der Waals surface area contributed by atoms with Gasteiger partial charge in [-0.3, -0.25) is 9.69 Å². The molecule has 5 rings (SSSR count). The molecule has 3 aromatic heterocycles. The number of hydrogen-bond donors (Lipinski definition) is 1. The number of pyridine rings is 1. The molecule has 0 bridgehead atoms. The van der Waals surface area contributed by atoms with Gasteiger partial charge in [0.1, 0.15) is 10.5 Å². The molecule has 2 aliphatic rings. The lowest BCUT2D eigenvalue weighted by atomic mass is 9.91. The number of fused-ring (bicyclic) bond motifs is 3. The van der Waals surface area contributed by atoms with Gasteiger partial charge < -0.3 is 19.3 Å². The molecule has 37 heavy (non-hydrogen) atoms. The number of carboxylic acid groups (broad SMARTS) is 1. The van der Waals surface area contributed by atoms with Gasteiger partial charge in [0.25, 0.3) is 0 Å². The Morgan fingerprint density at radius 1 is 1.19 bits per heavy atom. The first-order chi connectivity index (χ1) is 17.6. The highest BCUT2D eigenvalue weighted by Gasteiger charge is 2.42. The van der Waals surface area contributed by atoms with Crippen LogP contribution < -0.4 is 0 Å². The van der Waals surface area contributed by atoms with Crippen molar-refractivity contribution in [3.8, 4) is 0 Å². The molecular formula is C25H27F3N4O4S. The zero-order chi connectivity index (χ0) is 26.4. The fourth-order valence-electron chi connectivity index (χ4n) is 5.28. The molecule has 0 radical (unpaired) electrons. The average Bonchev–Trinajstić information content (AvgIpc) is 3.48. The number of carboxylic acids is 1. The Kier molecular flexibility index (Phi) is 6.75. The predicted octanol–water partition coefficient (Wildman–Crippen LogP) is 3.62. The van der Waals surface area contributed by atoms with E-state index in [1.165, 1.54) is 13.2 Å². The van der Waals surface area contributed by atoms with Crippen LogP contribution in [-0.4, -0.2) is 75.2 Å². The first-order valence-corrected chi connectivity index (χ1v) is 12.8. The van der Waals surface area contributed by atoms with E-state index in [4.69, 9.17) is 4.74 Å². The number of carbonyl (C=O) groups excluding carboxylic acids is 1. The summed E-state index contributed by atoms with van der Waals surface area (Å²) >= 11 is 0.718. The van der Waals surface area contributed by atoms with Crippen LogP contribution in [0.1, 0.15) is 33.9 Å². The summed E-state index contributed by atoms with van der Waals surface area (Å²) in [5, 5.41) is 10.5. The number of methoxy groups -OCH3 is 1. The molecule has 12 heteroatoms. The molecule has 0 aliphatic carbocycles. The Morgan fingerprint density at radius 3 is 2.59 bits per heavy atom. The Hall–Kier alpha value is -2.96. The highest BCUT2D eigenvalue weighted by atomic mass is 32.1. The van der Waals surface area contributed by atoms with Crippen molar-refractivity contribution in [2.75, 3.05) is 33.3 Å².